The summed E-state index contributed by atoms with van der Waals surface area (Å²) < 4.78 is 69.0. The number of hydrogen-bond acceptors (Lipinski definition) is 15. The summed E-state index contributed by atoms with van der Waals surface area (Å²) in [6, 6.07) is 0. The van der Waals surface area contributed by atoms with E-state index >= 15 is 0 Å². The van der Waals surface area contributed by atoms with Crippen molar-refractivity contribution >= 4 is 39.5 Å². The largest absolute Gasteiger partial charge is 0.472 e. The van der Waals surface area contributed by atoms with Crippen LogP contribution in [-0.4, -0.2) is 96.7 Å². The quantitative estimate of drug-likeness (QED) is 0.0222. The number of unbranched alkanes of at least 4 members (excludes halogenated alkanes) is 50. The van der Waals surface area contributed by atoms with Crippen LogP contribution in [0.4, 0.5) is 0 Å². The average molecular weight is 1580 g/mol. The number of aliphatic hydroxyl groups is 1. The number of ether oxygens (including phenoxy) is 4. The number of aliphatic hydroxyl groups excluding tert-OH is 1. The van der Waals surface area contributed by atoms with E-state index < -0.39 is 97.5 Å². The Morgan fingerprint density at radius 2 is 0.444 bits per heavy atom. The van der Waals surface area contributed by atoms with E-state index in [9.17, 15) is 43.2 Å². The fourth-order valence-electron chi connectivity index (χ4n) is 13.8. The first-order chi connectivity index (χ1) is 52.2. The van der Waals surface area contributed by atoms with Gasteiger partial charge in [0.15, 0.2) is 12.2 Å². The Morgan fingerprint density at radius 3 is 0.657 bits per heavy atom. The first-order valence-corrected chi connectivity index (χ1v) is 48.8. The standard InChI is InChI=1S/C89H174O17P2/c1-9-81(7)67-59-51-43-34-28-24-20-16-12-14-18-22-26-30-37-47-55-63-71-88(93)105-84(75-99-86(91)69-61-53-45-36-29-25-21-17-13-11-15-19-23-27-33-41-49-57-65-79(3)4)77-103-107(95,96)101-73-83(90)74-102-108(97,98)104-78-85(76-100-87(92)70-62-54-46-40-39-42-50-58-66-80(5)6)106-89(94)72-64-56-48-38-32-31-35-44-52-60-68-82(8)10-2/h79-85,90H,9-78H2,1-8H3,(H,95,96)(H,97,98)/t81?,82?,83-,84-,85-/m1/s1. The summed E-state index contributed by atoms with van der Waals surface area (Å²) in [5.74, 6) is 1.12. The molecule has 0 aromatic heterocycles. The topological polar surface area (TPSA) is 237 Å². The van der Waals surface area contributed by atoms with E-state index in [1.54, 1.807) is 0 Å². The van der Waals surface area contributed by atoms with Gasteiger partial charge in [-0.1, -0.05) is 415 Å². The lowest BCUT2D eigenvalue weighted by Crippen LogP contribution is -2.30. The summed E-state index contributed by atoms with van der Waals surface area (Å²) in [5.41, 5.74) is 0. The van der Waals surface area contributed by atoms with Crippen molar-refractivity contribution in [1.82, 2.24) is 0 Å². The van der Waals surface area contributed by atoms with Crippen molar-refractivity contribution in [3.8, 4) is 0 Å². The fraction of sp³-hybridized carbons (Fsp3) is 0.955. The van der Waals surface area contributed by atoms with Crippen molar-refractivity contribution in [2.75, 3.05) is 39.6 Å². The van der Waals surface area contributed by atoms with Gasteiger partial charge in [0.2, 0.25) is 0 Å². The predicted octanol–water partition coefficient (Wildman–Crippen LogP) is 27.1. The molecule has 0 spiro atoms. The van der Waals surface area contributed by atoms with Crippen LogP contribution in [-0.2, 0) is 65.4 Å². The molecule has 642 valence electrons. The average Bonchev–Trinajstić information content (AvgIpc) is 0.900. The summed E-state index contributed by atoms with van der Waals surface area (Å²) in [4.78, 5) is 73.3. The number of carbonyl (C=O) groups excluding carboxylic acids is 4. The van der Waals surface area contributed by atoms with Crippen molar-refractivity contribution in [3.63, 3.8) is 0 Å². The Kier molecular flexibility index (Phi) is 76.2. The maximum absolute atomic E-state index is 13.2. The van der Waals surface area contributed by atoms with Gasteiger partial charge in [-0.05, 0) is 49.4 Å². The summed E-state index contributed by atoms with van der Waals surface area (Å²) in [7, 11) is -9.93. The van der Waals surface area contributed by atoms with Crippen LogP contribution >= 0.6 is 15.6 Å². The van der Waals surface area contributed by atoms with Crippen molar-refractivity contribution in [3.05, 3.63) is 0 Å². The molecule has 108 heavy (non-hydrogen) atoms. The molecule has 0 amide bonds. The van der Waals surface area contributed by atoms with Gasteiger partial charge in [-0.25, -0.2) is 9.13 Å². The van der Waals surface area contributed by atoms with Crippen LogP contribution in [0, 0.1) is 23.7 Å². The molecule has 0 aromatic rings. The van der Waals surface area contributed by atoms with Crippen LogP contribution in [0.3, 0.4) is 0 Å². The number of esters is 4. The maximum Gasteiger partial charge on any atom is 0.472 e. The zero-order valence-electron chi connectivity index (χ0n) is 71.5. The molecule has 0 bridgehead atoms. The van der Waals surface area contributed by atoms with Gasteiger partial charge in [-0.2, -0.15) is 0 Å². The van der Waals surface area contributed by atoms with Gasteiger partial charge in [0, 0.05) is 25.7 Å². The van der Waals surface area contributed by atoms with Crippen molar-refractivity contribution in [2.45, 2.75) is 485 Å². The minimum absolute atomic E-state index is 0.106. The molecule has 0 heterocycles. The highest BCUT2D eigenvalue weighted by atomic mass is 31.2. The molecule has 0 fully saturated rings. The summed E-state index contributed by atoms with van der Waals surface area (Å²) in [6.07, 6.45) is 68.1. The van der Waals surface area contributed by atoms with Crippen LogP contribution in [0.15, 0.2) is 0 Å². The molecule has 0 saturated carbocycles. The number of carbonyl (C=O) groups is 4. The van der Waals surface area contributed by atoms with E-state index in [4.69, 9.17) is 37.0 Å². The zero-order valence-corrected chi connectivity index (χ0v) is 73.3. The Labute approximate surface area is 664 Å². The third-order valence-corrected chi connectivity index (χ3v) is 23.4. The number of rotatable bonds is 86. The van der Waals surface area contributed by atoms with Crippen LogP contribution in [0.25, 0.3) is 0 Å². The lowest BCUT2D eigenvalue weighted by atomic mass is 9.99. The Hall–Kier alpha value is -1.94. The van der Waals surface area contributed by atoms with Gasteiger partial charge in [0.1, 0.15) is 19.3 Å². The van der Waals surface area contributed by atoms with Crippen molar-refractivity contribution in [2.24, 2.45) is 23.7 Å². The van der Waals surface area contributed by atoms with Crippen LogP contribution < -0.4 is 0 Å². The summed E-state index contributed by atoms with van der Waals surface area (Å²) in [6.45, 7) is 14.4. The lowest BCUT2D eigenvalue weighted by Gasteiger charge is -2.21. The molecule has 7 atom stereocenters. The molecular formula is C89H174O17P2. The molecule has 0 aliphatic heterocycles. The molecule has 0 saturated heterocycles. The summed E-state index contributed by atoms with van der Waals surface area (Å²) >= 11 is 0. The minimum atomic E-state index is -4.97. The second-order valence-corrected chi connectivity index (χ2v) is 36.3. The smallest absolute Gasteiger partial charge is 0.462 e. The molecule has 3 N–H and O–H groups in total. The number of hydrogen-bond donors (Lipinski definition) is 3. The van der Waals surface area contributed by atoms with Gasteiger partial charge >= 0.3 is 39.5 Å². The highest BCUT2D eigenvalue weighted by molar-refractivity contribution is 7.47. The molecule has 0 radical (unpaired) electrons. The first-order valence-electron chi connectivity index (χ1n) is 45.8. The van der Waals surface area contributed by atoms with Crippen molar-refractivity contribution < 1.29 is 80.2 Å². The fourth-order valence-corrected chi connectivity index (χ4v) is 15.4. The van der Waals surface area contributed by atoms with Gasteiger partial charge in [0.25, 0.3) is 0 Å². The van der Waals surface area contributed by atoms with E-state index in [-0.39, 0.29) is 25.7 Å². The van der Waals surface area contributed by atoms with Crippen LogP contribution in [0.2, 0.25) is 0 Å². The van der Waals surface area contributed by atoms with E-state index in [2.05, 4.69) is 55.4 Å². The summed E-state index contributed by atoms with van der Waals surface area (Å²) in [5, 5.41) is 10.7. The molecule has 4 unspecified atom stereocenters. The first kappa shape index (κ1) is 106. The minimum Gasteiger partial charge on any atom is -0.462 e. The molecule has 0 aromatic carbocycles. The third-order valence-electron chi connectivity index (χ3n) is 21.5. The molecule has 17 nitrogen and oxygen atoms in total. The van der Waals surface area contributed by atoms with Gasteiger partial charge < -0.3 is 33.8 Å². The van der Waals surface area contributed by atoms with Gasteiger partial charge in [0.05, 0.1) is 26.4 Å². The molecule has 0 rings (SSSR count). The van der Waals surface area contributed by atoms with E-state index in [1.165, 1.54) is 270 Å². The second-order valence-electron chi connectivity index (χ2n) is 33.4. The lowest BCUT2D eigenvalue weighted by molar-refractivity contribution is -0.161. The Balaban J connectivity index is 5.23. The number of phosphoric acid groups is 2. The molecular weight excluding hydrogens is 1400 g/mol. The van der Waals surface area contributed by atoms with Crippen LogP contribution in [0.1, 0.15) is 466 Å². The second kappa shape index (κ2) is 77.6. The van der Waals surface area contributed by atoms with Gasteiger partial charge in [-0.3, -0.25) is 37.3 Å². The number of phosphoric ester groups is 2. The van der Waals surface area contributed by atoms with E-state index in [1.807, 2.05) is 0 Å². The Morgan fingerprint density at radius 1 is 0.259 bits per heavy atom. The van der Waals surface area contributed by atoms with Crippen LogP contribution in [0.5, 0.6) is 0 Å². The van der Waals surface area contributed by atoms with Crippen molar-refractivity contribution in [1.29, 1.82) is 0 Å². The van der Waals surface area contributed by atoms with Gasteiger partial charge in [-0.15, -0.1) is 0 Å². The SMILES string of the molecule is CCC(C)CCCCCCCCCCCCCCCCCCCCC(=O)O[C@H](COC(=O)CCCCCCCCCCCCCCCCCCCCC(C)C)COP(=O)(O)OC[C@@H](O)COP(=O)(O)OC[C@@H](COC(=O)CCCCCCCCCCC(C)C)OC(=O)CCCCCCCCCCCCC(C)CC. The normalized spacial score (nSPS) is 14.4. The molecule has 0 aliphatic carbocycles. The predicted molar refractivity (Wildman–Crippen MR) is 446 cm³/mol. The highest BCUT2D eigenvalue weighted by Gasteiger charge is 2.31. The maximum atomic E-state index is 13.2. The third kappa shape index (κ3) is 79.3. The molecule has 0 aliphatic rings. The van der Waals surface area contributed by atoms with E-state index in [0.29, 0.717) is 25.7 Å². The van der Waals surface area contributed by atoms with E-state index in [0.717, 1.165) is 114 Å². The zero-order chi connectivity index (χ0) is 79.5. The monoisotopic (exact) mass is 1580 g/mol. The molecule has 19 heteroatoms. The highest BCUT2D eigenvalue weighted by Crippen LogP contribution is 2.45. The Bertz CT molecular complexity index is 2100.